The third-order valence-corrected chi connectivity index (χ3v) is 7.67. The minimum Gasteiger partial charge on any atom is -0.478 e. The van der Waals surface area contributed by atoms with Crippen LogP contribution in [0.15, 0.2) is 23.2 Å². The lowest BCUT2D eigenvalue weighted by molar-refractivity contribution is -0.124. The molecule has 0 fully saturated rings. The van der Waals surface area contributed by atoms with Gasteiger partial charge in [0, 0.05) is 17.8 Å². The van der Waals surface area contributed by atoms with Crippen molar-refractivity contribution in [2.75, 3.05) is 18.0 Å². The second kappa shape index (κ2) is 18.6. The monoisotopic (exact) mass is 555 g/mol. The molecule has 2 rings (SSSR count). The fourth-order valence-electron chi connectivity index (χ4n) is 5.36. The lowest BCUT2D eigenvalue weighted by atomic mass is 10.0. The molecule has 2 amide bonds. The Morgan fingerprint density at radius 2 is 1.48 bits per heavy atom. The van der Waals surface area contributed by atoms with Gasteiger partial charge in [0.05, 0.1) is 11.3 Å². The summed E-state index contributed by atoms with van der Waals surface area (Å²) in [5, 5.41) is 12.5. The number of hydrogen-bond acceptors (Lipinski definition) is 4. The van der Waals surface area contributed by atoms with E-state index >= 15 is 0 Å². The van der Waals surface area contributed by atoms with Crippen molar-refractivity contribution in [1.82, 2.24) is 5.32 Å². The van der Waals surface area contributed by atoms with Gasteiger partial charge in [-0.05, 0) is 37.8 Å². The largest absolute Gasteiger partial charge is 0.478 e. The third-order valence-electron chi connectivity index (χ3n) is 7.67. The average Bonchev–Trinajstić information content (AvgIpc) is 3.00. The van der Waals surface area contributed by atoms with Crippen LogP contribution in [0.1, 0.15) is 140 Å². The molecule has 7 nitrogen and oxygen atoms in total. The van der Waals surface area contributed by atoms with Gasteiger partial charge in [0.2, 0.25) is 5.91 Å². The molecule has 1 aromatic carbocycles. The maximum atomic E-state index is 13.5. The van der Waals surface area contributed by atoms with E-state index in [1.165, 1.54) is 94.1 Å². The van der Waals surface area contributed by atoms with Crippen molar-refractivity contribution in [2.24, 2.45) is 10.9 Å². The number of amides is 2. The minimum absolute atomic E-state index is 0.0782. The van der Waals surface area contributed by atoms with Crippen LogP contribution in [0.2, 0.25) is 0 Å². The lowest BCUT2D eigenvalue weighted by Gasteiger charge is -2.25. The van der Waals surface area contributed by atoms with E-state index in [0.717, 1.165) is 12.8 Å². The number of fused-ring (bicyclic) bond motifs is 1. The Balaban J connectivity index is 1.76. The number of anilines is 1. The van der Waals surface area contributed by atoms with E-state index in [4.69, 9.17) is 0 Å². The van der Waals surface area contributed by atoms with Crippen molar-refractivity contribution in [3.63, 3.8) is 0 Å². The number of carbonyl (C=O) groups excluding carboxylic acids is 2. The van der Waals surface area contributed by atoms with Gasteiger partial charge >= 0.3 is 5.97 Å². The summed E-state index contributed by atoms with van der Waals surface area (Å²) in [5.41, 5.74) is 1.87. The van der Waals surface area contributed by atoms with Gasteiger partial charge in [0.15, 0.2) is 0 Å². The summed E-state index contributed by atoms with van der Waals surface area (Å²) in [6, 6.07) is 4.08. The predicted molar refractivity (Wildman–Crippen MR) is 165 cm³/mol. The van der Waals surface area contributed by atoms with Gasteiger partial charge in [-0.1, -0.05) is 110 Å². The zero-order valence-electron chi connectivity index (χ0n) is 25.5. The predicted octanol–water partition coefficient (Wildman–Crippen LogP) is 7.55. The fourth-order valence-corrected chi connectivity index (χ4v) is 5.36. The molecule has 0 bridgehead atoms. The SMILES string of the molecule is CCCCCCCCCCCCCCCCNC(=O)CN1C(=O)[C@@H](CC(C)C)N=C(C)c2ccc(C(=O)O)cc21. The Kier molecular flexibility index (Phi) is 15.6. The Hall–Kier alpha value is -2.70. The fraction of sp³-hybridized carbons (Fsp3) is 0.697. The van der Waals surface area contributed by atoms with Crippen molar-refractivity contribution in [3.8, 4) is 0 Å². The molecule has 1 aromatic rings. The number of nitrogens with one attached hydrogen (secondary N) is 1. The topological polar surface area (TPSA) is 99.1 Å². The number of benzene rings is 1. The van der Waals surface area contributed by atoms with Crippen molar-refractivity contribution in [1.29, 1.82) is 0 Å². The number of aliphatic imine (C=N–C) groups is 1. The van der Waals surface area contributed by atoms with E-state index in [9.17, 15) is 19.5 Å². The highest BCUT2D eigenvalue weighted by Gasteiger charge is 2.32. The molecular weight excluding hydrogens is 502 g/mol. The van der Waals surface area contributed by atoms with Crippen molar-refractivity contribution in [3.05, 3.63) is 29.3 Å². The normalized spacial score (nSPS) is 15.1. The summed E-state index contributed by atoms with van der Waals surface area (Å²) in [4.78, 5) is 44.1. The van der Waals surface area contributed by atoms with E-state index in [1.54, 1.807) is 6.07 Å². The Morgan fingerprint density at radius 1 is 0.925 bits per heavy atom. The highest BCUT2D eigenvalue weighted by Crippen LogP contribution is 2.29. The van der Waals surface area contributed by atoms with Crippen LogP contribution in [-0.4, -0.2) is 47.7 Å². The van der Waals surface area contributed by atoms with Crippen LogP contribution in [0.3, 0.4) is 0 Å². The van der Waals surface area contributed by atoms with Crippen LogP contribution >= 0.6 is 0 Å². The standard InChI is InChI=1S/C33H53N3O4/c1-5-6-7-8-9-10-11-12-13-14-15-16-17-18-21-34-31(37)24-36-30-23-27(33(39)40)19-20-28(30)26(4)35-29(32(36)38)22-25(2)3/h19-20,23,25,29H,5-18,21-22,24H2,1-4H3,(H,34,37)(H,39,40)/t29-/m1/s1. The maximum absolute atomic E-state index is 13.5. The van der Waals surface area contributed by atoms with Crippen molar-refractivity contribution < 1.29 is 19.5 Å². The number of aromatic carboxylic acids is 1. The molecule has 40 heavy (non-hydrogen) atoms. The molecule has 0 aromatic heterocycles. The van der Waals surface area contributed by atoms with Crippen LogP contribution in [0.4, 0.5) is 5.69 Å². The average molecular weight is 556 g/mol. The number of carboxylic acids is 1. The van der Waals surface area contributed by atoms with Crippen molar-refractivity contribution >= 4 is 29.2 Å². The quantitative estimate of drug-likeness (QED) is 0.162. The van der Waals surface area contributed by atoms with E-state index in [1.807, 2.05) is 20.8 Å². The van der Waals surface area contributed by atoms with Crippen LogP contribution in [-0.2, 0) is 9.59 Å². The zero-order valence-corrected chi connectivity index (χ0v) is 25.5. The number of carbonyl (C=O) groups is 3. The summed E-state index contributed by atoms with van der Waals surface area (Å²) in [7, 11) is 0. The summed E-state index contributed by atoms with van der Waals surface area (Å²) in [5.74, 6) is -1.33. The number of nitrogens with zero attached hydrogens (tertiary/aromatic N) is 2. The summed E-state index contributed by atoms with van der Waals surface area (Å²) in [6.45, 7) is 8.59. The highest BCUT2D eigenvalue weighted by atomic mass is 16.4. The van der Waals surface area contributed by atoms with E-state index in [-0.39, 0.29) is 29.8 Å². The molecule has 0 saturated heterocycles. The molecular formula is C33H53N3O4. The second-order valence-electron chi connectivity index (χ2n) is 11.8. The van der Waals surface area contributed by atoms with E-state index in [0.29, 0.717) is 29.9 Å². The lowest BCUT2D eigenvalue weighted by Crippen LogP contribution is -2.45. The Bertz CT molecular complexity index is 972. The smallest absolute Gasteiger partial charge is 0.335 e. The molecule has 0 radical (unpaired) electrons. The van der Waals surface area contributed by atoms with Gasteiger partial charge in [0.25, 0.3) is 5.91 Å². The van der Waals surface area contributed by atoms with Gasteiger partial charge < -0.3 is 15.3 Å². The van der Waals surface area contributed by atoms with Crippen LogP contribution in [0.25, 0.3) is 0 Å². The molecule has 0 saturated carbocycles. The molecule has 2 N–H and O–H groups in total. The van der Waals surface area contributed by atoms with E-state index in [2.05, 4.69) is 17.2 Å². The van der Waals surface area contributed by atoms with Crippen LogP contribution in [0.5, 0.6) is 0 Å². The van der Waals surface area contributed by atoms with Crippen molar-refractivity contribution in [2.45, 2.75) is 130 Å². The molecule has 0 aliphatic carbocycles. The number of rotatable bonds is 20. The maximum Gasteiger partial charge on any atom is 0.335 e. The molecule has 0 unspecified atom stereocenters. The molecule has 1 heterocycles. The first-order chi connectivity index (χ1) is 19.2. The molecule has 1 aliphatic rings. The number of carboxylic acid groups (broad SMARTS) is 1. The van der Waals surface area contributed by atoms with Gasteiger partial charge in [-0.25, -0.2) is 4.79 Å². The van der Waals surface area contributed by atoms with Gasteiger partial charge in [-0.15, -0.1) is 0 Å². The van der Waals surface area contributed by atoms with Crippen LogP contribution in [0, 0.1) is 5.92 Å². The van der Waals surface area contributed by atoms with Gasteiger partial charge in [-0.3, -0.25) is 14.6 Å². The first-order valence-corrected chi connectivity index (χ1v) is 15.7. The number of hydrogen-bond donors (Lipinski definition) is 2. The van der Waals surface area contributed by atoms with Crippen LogP contribution < -0.4 is 10.2 Å². The first-order valence-electron chi connectivity index (χ1n) is 15.7. The molecule has 224 valence electrons. The Morgan fingerprint density at radius 3 is 2.00 bits per heavy atom. The number of unbranched alkanes of at least 4 members (excludes halogenated alkanes) is 13. The summed E-state index contributed by atoms with van der Waals surface area (Å²) in [6.07, 6.45) is 18.5. The number of benzodiazepines with no additional fused rings is 1. The third kappa shape index (κ3) is 11.8. The highest BCUT2D eigenvalue weighted by molar-refractivity contribution is 6.14. The molecule has 0 spiro atoms. The zero-order chi connectivity index (χ0) is 29.3. The first kappa shape index (κ1) is 33.5. The van der Waals surface area contributed by atoms with Gasteiger partial charge in [-0.2, -0.15) is 0 Å². The molecule has 1 aliphatic heterocycles. The van der Waals surface area contributed by atoms with Gasteiger partial charge in [0.1, 0.15) is 12.6 Å². The molecule has 1 atom stereocenters. The summed E-state index contributed by atoms with van der Waals surface area (Å²) >= 11 is 0. The van der Waals surface area contributed by atoms with E-state index < -0.39 is 12.0 Å². The molecule has 7 heteroatoms. The Labute approximate surface area is 242 Å². The summed E-state index contributed by atoms with van der Waals surface area (Å²) < 4.78 is 0. The second-order valence-corrected chi connectivity index (χ2v) is 11.8. The minimum atomic E-state index is -1.07.